The van der Waals surface area contributed by atoms with E-state index >= 15 is 0 Å². The fraction of sp³-hybridized carbons (Fsp3) is 0.364. The molecule has 0 saturated heterocycles. The van der Waals surface area contributed by atoms with Crippen molar-refractivity contribution >= 4 is 23.5 Å². The van der Waals surface area contributed by atoms with Gasteiger partial charge in [-0.2, -0.15) is 0 Å². The van der Waals surface area contributed by atoms with Gasteiger partial charge in [-0.3, -0.25) is 9.59 Å². The fourth-order valence-corrected chi connectivity index (χ4v) is 3.56. The molecule has 1 amide bonds. The number of hydrogen-bond acceptors (Lipinski definition) is 3. The summed E-state index contributed by atoms with van der Waals surface area (Å²) in [6.07, 6.45) is 4.61. The molecule has 0 radical (unpaired) electrons. The van der Waals surface area contributed by atoms with E-state index < -0.39 is 12.1 Å². The minimum atomic E-state index is -0.539. The first-order valence-corrected chi connectivity index (χ1v) is 9.79. The van der Waals surface area contributed by atoms with E-state index in [9.17, 15) is 9.59 Å². The SMILES string of the molecule is O=C(CNC(=O)C1CCCCC1)O[C@H](c1ccccc1)c1ccc(Cl)cc1. The molecule has 0 bridgehead atoms. The zero-order valence-electron chi connectivity index (χ0n) is 15.2. The lowest BCUT2D eigenvalue weighted by Crippen LogP contribution is -2.36. The molecular weight excluding hydrogens is 362 g/mol. The van der Waals surface area contributed by atoms with E-state index in [4.69, 9.17) is 16.3 Å². The second kappa shape index (κ2) is 9.56. The molecule has 4 nitrogen and oxygen atoms in total. The van der Waals surface area contributed by atoms with Crippen molar-refractivity contribution in [2.75, 3.05) is 6.54 Å². The van der Waals surface area contributed by atoms with Gasteiger partial charge in [-0.1, -0.05) is 73.3 Å². The highest BCUT2D eigenvalue weighted by Gasteiger charge is 2.23. The Balaban J connectivity index is 1.64. The van der Waals surface area contributed by atoms with Crippen LogP contribution in [0, 0.1) is 5.92 Å². The third kappa shape index (κ3) is 5.57. The summed E-state index contributed by atoms with van der Waals surface area (Å²) < 4.78 is 5.70. The van der Waals surface area contributed by atoms with Crippen molar-refractivity contribution < 1.29 is 14.3 Å². The van der Waals surface area contributed by atoms with Crippen LogP contribution >= 0.6 is 11.6 Å². The summed E-state index contributed by atoms with van der Waals surface area (Å²) in [4.78, 5) is 24.6. The molecule has 1 atom stereocenters. The monoisotopic (exact) mass is 385 g/mol. The van der Waals surface area contributed by atoms with Crippen LogP contribution in [0.1, 0.15) is 49.3 Å². The number of ether oxygens (including phenoxy) is 1. The molecule has 1 N–H and O–H groups in total. The summed E-state index contributed by atoms with van der Waals surface area (Å²) in [5.41, 5.74) is 1.70. The molecule has 3 rings (SSSR count). The number of carbonyl (C=O) groups excluding carboxylic acids is 2. The molecule has 0 aromatic heterocycles. The number of hydrogen-bond donors (Lipinski definition) is 1. The van der Waals surface area contributed by atoms with Gasteiger partial charge < -0.3 is 10.1 Å². The number of halogens is 1. The highest BCUT2D eigenvalue weighted by molar-refractivity contribution is 6.30. The Morgan fingerprint density at radius 1 is 0.963 bits per heavy atom. The zero-order chi connectivity index (χ0) is 19.1. The number of benzene rings is 2. The average molecular weight is 386 g/mol. The number of nitrogens with one attached hydrogen (secondary N) is 1. The van der Waals surface area contributed by atoms with E-state index in [-0.39, 0.29) is 18.4 Å². The minimum Gasteiger partial charge on any atom is -0.451 e. The highest BCUT2D eigenvalue weighted by Crippen LogP contribution is 2.27. The summed E-state index contributed by atoms with van der Waals surface area (Å²) in [6.45, 7) is -0.119. The van der Waals surface area contributed by atoms with Gasteiger partial charge in [0.05, 0.1) is 0 Å². The summed E-state index contributed by atoms with van der Waals surface area (Å²) in [7, 11) is 0. The maximum atomic E-state index is 12.4. The molecule has 0 unspecified atom stereocenters. The number of esters is 1. The first-order valence-electron chi connectivity index (χ1n) is 9.41. The quantitative estimate of drug-likeness (QED) is 0.735. The Morgan fingerprint density at radius 2 is 1.59 bits per heavy atom. The van der Waals surface area contributed by atoms with Gasteiger partial charge in [0.1, 0.15) is 6.54 Å². The third-order valence-corrected chi connectivity index (χ3v) is 5.16. The Hall–Kier alpha value is -2.33. The average Bonchev–Trinajstić information content (AvgIpc) is 2.72. The van der Waals surface area contributed by atoms with E-state index in [0.29, 0.717) is 5.02 Å². The fourth-order valence-electron chi connectivity index (χ4n) is 3.44. The molecule has 2 aromatic rings. The molecular formula is C22H24ClNO3. The highest BCUT2D eigenvalue weighted by atomic mass is 35.5. The maximum absolute atomic E-state index is 12.4. The molecule has 1 aliphatic rings. The van der Waals surface area contributed by atoms with Crippen molar-refractivity contribution in [2.24, 2.45) is 5.92 Å². The van der Waals surface area contributed by atoms with Gasteiger partial charge in [-0.15, -0.1) is 0 Å². The number of amides is 1. The standard InChI is InChI=1S/C22H24ClNO3/c23-19-13-11-17(12-14-19)21(16-7-3-1-4-8-16)27-20(25)15-24-22(26)18-9-5-2-6-10-18/h1,3-4,7-8,11-14,18,21H,2,5-6,9-10,15H2,(H,24,26)/t21-/m1/s1. The predicted molar refractivity (Wildman–Crippen MR) is 105 cm³/mol. The lowest BCUT2D eigenvalue weighted by atomic mass is 9.89. The summed E-state index contributed by atoms with van der Waals surface area (Å²) in [5, 5.41) is 3.36. The zero-order valence-corrected chi connectivity index (χ0v) is 16.0. The summed E-state index contributed by atoms with van der Waals surface area (Å²) in [5.74, 6) is -0.481. The molecule has 1 saturated carbocycles. The smallest absolute Gasteiger partial charge is 0.326 e. The maximum Gasteiger partial charge on any atom is 0.326 e. The normalized spacial score (nSPS) is 15.7. The van der Waals surface area contributed by atoms with Crippen LogP contribution in [0.2, 0.25) is 5.02 Å². The second-order valence-electron chi connectivity index (χ2n) is 6.88. The molecule has 0 aliphatic heterocycles. The Labute approximate surface area is 164 Å². The molecule has 27 heavy (non-hydrogen) atoms. The van der Waals surface area contributed by atoms with Gasteiger partial charge >= 0.3 is 5.97 Å². The summed E-state index contributed by atoms with van der Waals surface area (Å²) >= 11 is 5.97. The van der Waals surface area contributed by atoms with Crippen molar-refractivity contribution in [3.63, 3.8) is 0 Å². The van der Waals surface area contributed by atoms with E-state index in [1.165, 1.54) is 6.42 Å². The molecule has 1 aliphatic carbocycles. The van der Waals surface area contributed by atoms with Crippen molar-refractivity contribution in [3.05, 3.63) is 70.7 Å². The van der Waals surface area contributed by atoms with Gasteiger partial charge in [0.2, 0.25) is 5.91 Å². The largest absolute Gasteiger partial charge is 0.451 e. The van der Waals surface area contributed by atoms with Gasteiger partial charge in [-0.05, 0) is 36.1 Å². The minimum absolute atomic E-state index is 0.0211. The van der Waals surface area contributed by atoms with Crippen LogP contribution in [0.5, 0.6) is 0 Å². The molecule has 2 aromatic carbocycles. The lowest BCUT2D eigenvalue weighted by Gasteiger charge is -2.22. The predicted octanol–water partition coefficient (Wildman–Crippen LogP) is 4.67. The number of carbonyl (C=O) groups is 2. The Morgan fingerprint density at radius 3 is 2.26 bits per heavy atom. The van der Waals surface area contributed by atoms with Gasteiger partial charge in [0, 0.05) is 10.9 Å². The van der Waals surface area contributed by atoms with Crippen LogP contribution in [0.15, 0.2) is 54.6 Å². The molecule has 142 valence electrons. The first kappa shape index (κ1) is 19.4. The molecule has 1 fully saturated rings. The number of rotatable bonds is 6. The van der Waals surface area contributed by atoms with Crippen LogP contribution < -0.4 is 5.32 Å². The van der Waals surface area contributed by atoms with Crippen molar-refractivity contribution in [1.82, 2.24) is 5.32 Å². The van der Waals surface area contributed by atoms with Crippen molar-refractivity contribution in [1.29, 1.82) is 0 Å². The topological polar surface area (TPSA) is 55.4 Å². The van der Waals surface area contributed by atoms with E-state index in [0.717, 1.165) is 36.8 Å². The second-order valence-corrected chi connectivity index (χ2v) is 7.32. The Kier molecular flexibility index (Phi) is 6.88. The van der Waals surface area contributed by atoms with E-state index in [1.807, 2.05) is 42.5 Å². The lowest BCUT2D eigenvalue weighted by molar-refractivity contribution is -0.148. The van der Waals surface area contributed by atoms with E-state index in [1.54, 1.807) is 12.1 Å². The van der Waals surface area contributed by atoms with Crippen LogP contribution in [-0.4, -0.2) is 18.4 Å². The summed E-state index contributed by atoms with van der Waals surface area (Å²) in [6, 6.07) is 16.8. The first-order chi connectivity index (χ1) is 13.1. The van der Waals surface area contributed by atoms with Gasteiger partial charge in [0.25, 0.3) is 0 Å². The van der Waals surface area contributed by atoms with Crippen LogP contribution in [-0.2, 0) is 14.3 Å². The van der Waals surface area contributed by atoms with E-state index in [2.05, 4.69) is 5.32 Å². The third-order valence-electron chi connectivity index (χ3n) is 4.91. The van der Waals surface area contributed by atoms with Crippen LogP contribution in [0.3, 0.4) is 0 Å². The van der Waals surface area contributed by atoms with Gasteiger partial charge in [-0.25, -0.2) is 0 Å². The Bertz CT molecular complexity index is 755. The van der Waals surface area contributed by atoms with Crippen molar-refractivity contribution in [3.8, 4) is 0 Å². The molecule has 0 heterocycles. The van der Waals surface area contributed by atoms with Gasteiger partial charge in [0.15, 0.2) is 6.10 Å². The van der Waals surface area contributed by atoms with Crippen LogP contribution in [0.4, 0.5) is 0 Å². The molecule has 5 heteroatoms. The van der Waals surface area contributed by atoms with Crippen molar-refractivity contribution in [2.45, 2.75) is 38.2 Å². The molecule has 0 spiro atoms. The van der Waals surface area contributed by atoms with Crippen LogP contribution in [0.25, 0.3) is 0 Å².